The maximum Gasteiger partial charge on any atom is 0.411 e. The van der Waals surface area contributed by atoms with Crippen LogP contribution in [-0.2, 0) is 60.9 Å². The molecular weight excluding hydrogens is 1140 g/mol. The van der Waals surface area contributed by atoms with Crippen LogP contribution in [0, 0.1) is 47.3 Å². The number of amides is 8. The van der Waals surface area contributed by atoms with Gasteiger partial charge in [-0.15, -0.1) is 23.7 Å². The normalized spacial score (nSPS) is 15.9. The first-order valence-corrected chi connectivity index (χ1v) is 30.6. The van der Waals surface area contributed by atoms with Gasteiger partial charge in [0.25, 0.3) is 5.91 Å². The lowest BCUT2D eigenvalue weighted by atomic mass is 9.80. The predicted octanol–water partition coefficient (Wildman–Crippen LogP) is 7.46. The molecule has 1 saturated heterocycles. The molecule has 3 aromatic rings. The lowest BCUT2D eigenvalue weighted by molar-refractivity contribution is -0.215. The summed E-state index contributed by atoms with van der Waals surface area (Å²) in [7, 11) is 1.95. The molecule has 1 aromatic heterocycles. The standard InChI is InChI=1S/C62H91N11O13S/c1-12-14-17-31-85-73(58(79)51(39(7)13-2)55(77)71-50-20-15-16-30-72(50)11)47(37(3)4)33-48(86-40(8)74)57-70-49(36-87-57)69-53(75)43(34-62(9,10)59(80)81)32-41-21-25-45(26-22-41)67-61(83)84-35-42-23-27-44(28-24-42)66-54(76)46(19-18-29-65-60(64)82)68-56(78)52(63)38(5)6/h1,21-28,36-39,43,46-48,50-52H,13-20,29-35,63H2,2-11H3,(H,66,76)(H,67,83)(H,68,78)(H,69,75)(H,71,77)(H,80,81)(H3,64,65,82)/t39-,43-,46-,47+,48+,50+,51-,52-/m0/s1. The number of esters is 1. The number of urea groups is 1. The van der Waals surface area contributed by atoms with Crippen LogP contribution in [0.3, 0.4) is 0 Å². The van der Waals surface area contributed by atoms with E-state index in [1.165, 1.54) is 25.8 Å². The first-order valence-electron chi connectivity index (χ1n) is 29.7. The number of nitrogens with zero attached hydrogens (tertiary/aromatic N) is 3. The van der Waals surface area contributed by atoms with Crippen molar-refractivity contribution >= 4 is 82.1 Å². The molecule has 0 radical (unpaired) electrons. The second-order valence-corrected chi connectivity index (χ2v) is 24.4. The summed E-state index contributed by atoms with van der Waals surface area (Å²) < 4.78 is 11.3. The number of nitrogens with one attached hydrogen (secondary N) is 6. The molecule has 0 unspecified atom stereocenters. The van der Waals surface area contributed by atoms with Crippen molar-refractivity contribution in [2.24, 2.45) is 46.5 Å². The maximum atomic E-state index is 14.9. The average Bonchev–Trinajstić information content (AvgIpc) is 2.62. The predicted molar refractivity (Wildman–Crippen MR) is 331 cm³/mol. The van der Waals surface area contributed by atoms with E-state index in [1.54, 1.807) is 67.8 Å². The van der Waals surface area contributed by atoms with Crippen LogP contribution in [0.15, 0.2) is 53.9 Å². The van der Waals surface area contributed by atoms with Crippen molar-refractivity contribution in [3.05, 3.63) is 70.0 Å². The Kier molecular flexibility index (Phi) is 29.1. The number of carboxylic acids is 1. The summed E-state index contributed by atoms with van der Waals surface area (Å²) in [6.45, 7) is 16.4. The van der Waals surface area contributed by atoms with Crippen molar-refractivity contribution in [1.29, 1.82) is 0 Å². The SMILES string of the molecule is C#CCCCON(C(=O)[C@H](C(=O)N[C@H]1CCCCN1C)[C@@H](C)CC)[C@H](C[C@@H](OC(C)=O)c1nc(NC(=O)[C@@H](Cc2ccc(NC(=O)OCc3ccc(NC(=O)[C@H](CCCNC(N)=O)NC(=O)[C@@H](N)C(C)C)cc3)cc2)CC(C)(C)C(=O)O)cs1)C(C)C. The smallest absolute Gasteiger partial charge is 0.411 e. The number of carboxylic acid groups (broad SMARTS) is 1. The molecule has 478 valence electrons. The molecule has 1 aliphatic rings. The summed E-state index contributed by atoms with van der Waals surface area (Å²) in [5.41, 5.74) is 11.9. The van der Waals surface area contributed by atoms with E-state index in [4.69, 9.17) is 37.2 Å². The lowest BCUT2D eigenvalue weighted by Crippen LogP contribution is -2.55. The molecule has 2 heterocycles. The molecule has 8 atom stereocenters. The molecule has 2 aromatic carbocycles. The van der Waals surface area contributed by atoms with Crippen LogP contribution in [0.2, 0.25) is 0 Å². The van der Waals surface area contributed by atoms with Gasteiger partial charge in [0, 0.05) is 49.0 Å². The first-order chi connectivity index (χ1) is 41.1. The van der Waals surface area contributed by atoms with E-state index < -0.39 is 95.1 Å². The topological polar surface area (TPSA) is 345 Å². The van der Waals surface area contributed by atoms with Gasteiger partial charge in [0.2, 0.25) is 23.6 Å². The molecule has 25 heteroatoms. The maximum absolute atomic E-state index is 14.9. The van der Waals surface area contributed by atoms with Gasteiger partial charge in [0.1, 0.15) is 29.4 Å². The van der Waals surface area contributed by atoms with Crippen LogP contribution in [0.4, 0.5) is 26.8 Å². The molecule has 1 aliphatic heterocycles. The summed E-state index contributed by atoms with van der Waals surface area (Å²) >= 11 is 1.11. The van der Waals surface area contributed by atoms with E-state index in [-0.39, 0.29) is 75.2 Å². The zero-order chi connectivity index (χ0) is 64.5. The molecule has 0 aliphatic carbocycles. The summed E-state index contributed by atoms with van der Waals surface area (Å²) in [4.78, 5) is 132. The number of hydroxylamine groups is 2. The van der Waals surface area contributed by atoms with Gasteiger partial charge in [-0.25, -0.2) is 19.6 Å². The van der Waals surface area contributed by atoms with E-state index in [1.807, 2.05) is 34.7 Å². The second kappa shape index (κ2) is 35.2. The quantitative estimate of drug-likeness (QED) is 0.00921. The van der Waals surface area contributed by atoms with Crippen molar-refractivity contribution in [3.8, 4) is 12.3 Å². The second-order valence-electron chi connectivity index (χ2n) is 23.5. The highest BCUT2D eigenvalue weighted by Crippen LogP contribution is 2.35. The summed E-state index contributed by atoms with van der Waals surface area (Å²) in [5, 5.41) is 29.8. The Bertz CT molecular complexity index is 2820. The molecule has 0 saturated carbocycles. The number of carbonyl (C=O) groups excluding carboxylic acids is 8. The number of benzene rings is 2. The van der Waals surface area contributed by atoms with Crippen LogP contribution >= 0.6 is 11.3 Å². The highest BCUT2D eigenvalue weighted by Gasteiger charge is 2.42. The molecule has 87 heavy (non-hydrogen) atoms. The third-order valence-electron chi connectivity index (χ3n) is 15.2. The number of aromatic nitrogens is 1. The zero-order valence-electron chi connectivity index (χ0n) is 51.9. The number of nitrogens with two attached hydrogens (primary N) is 2. The van der Waals surface area contributed by atoms with E-state index in [9.17, 15) is 48.3 Å². The number of likely N-dealkylation sites (tertiary alicyclic amines) is 1. The van der Waals surface area contributed by atoms with Gasteiger partial charge in [-0.2, -0.15) is 0 Å². The van der Waals surface area contributed by atoms with E-state index in [0.29, 0.717) is 53.2 Å². The number of aliphatic carboxylic acids is 1. The summed E-state index contributed by atoms with van der Waals surface area (Å²) in [6.07, 6.45) is 8.16. The van der Waals surface area contributed by atoms with Gasteiger partial charge in [0.05, 0.1) is 30.3 Å². The van der Waals surface area contributed by atoms with Crippen LogP contribution in [-0.4, -0.2) is 125 Å². The Hall–Kier alpha value is -7.66. The van der Waals surface area contributed by atoms with E-state index >= 15 is 0 Å². The van der Waals surface area contributed by atoms with E-state index in [0.717, 1.165) is 37.1 Å². The number of rotatable bonds is 34. The van der Waals surface area contributed by atoms with Gasteiger partial charge in [0.15, 0.2) is 6.10 Å². The van der Waals surface area contributed by atoms with Gasteiger partial charge in [-0.3, -0.25) is 48.6 Å². The number of ether oxygens (including phenoxy) is 2. The molecule has 0 bridgehead atoms. The number of thiazole rings is 1. The van der Waals surface area contributed by atoms with Crippen molar-refractivity contribution in [1.82, 2.24) is 30.9 Å². The third-order valence-corrected chi connectivity index (χ3v) is 16.2. The van der Waals surface area contributed by atoms with Crippen molar-refractivity contribution in [2.45, 2.75) is 170 Å². The molecule has 11 N–H and O–H groups in total. The fraction of sp³-hybridized carbons (Fsp3) is 0.581. The first kappa shape index (κ1) is 71.8. The minimum absolute atomic E-state index is 0.0113. The Labute approximate surface area is 515 Å². The van der Waals surface area contributed by atoms with Gasteiger partial charge < -0.3 is 52.6 Å². The molecule has 8 amide bonds. The van der Waals surface area contributed by atoms with Crippen LogP contribution in [0.1, 0.15) is 149 Å². The number of unbranched alkanes of at least 4 members (excludes halogenated alkanes) is 1. The highest BCUT2D eigenvalue weighted by atomic mass is 32.1. The number of hydrogen-bond acceptors (Lipinski definition) is 16. The van der Waals surface area contributed by atoms with Crippen LogP contribution in [0.5, 0.6) is 0 Å². The molecule has 1 fully saturated rings. The number of terminal acetylenes is 1. The van der Waals surface area contributed by atoms with E-state index in [2.05, 4.69) is 42.7 Å². The number of piperidine rings is 1. The zero-order valence-corrected chi connectivity index (χ0v) is 52.7. The molecule has 4 rings (SSSR count). The Balaban J connectivity index is 1.46. The van der Waals surface area contributed by atoms with Gasteiger partial charge in [-0.05, 0) is 132 Å². The van der Waals surface area contributed by atoms with Gasteiger partial charge in [-0.1, -0.05) is 72.2 Å². The minimum Gasteiger partial charge on any atom is -0.481 e. The lowest BCUT2D eigenvalue weighted by Gasteiger charge is -2.38. The summed E-state index contributed by atoms with van der Waals surface area (Å²) in [5.74, 6) is -4.30. The third kappa shape index (κ3) is 23.5. The van der Waals surface area contributed by atoms with Crippen molar-refractivity contribution in [2.75, 3.05) is 42.7 Å². The molecule has 24 nitrogen and oxygen atoms in total. The molecule has 0 spiro atoms. The average molecular weight is 1230 g/mol. The van der Waals surface area contributed by atoms with Gasteiger partial charge >= 0.3 is 24.1 Å². The van der Waals surface area contributed by atoms with Crippen molar-refractivity contribution < 1.29 is 62.6 Å². The number of anilines is 3. The fourth-order valence-corrected chi connectivity index (χ4v) is 10.5. The largest absolute Gasteiger partial charge is 0.481 e. The highest BCUT2D eigenvalue weighted by molar-refractivity contribution is 7.10. The number of carbonyl (C=O) groups is 9. The van der Waals surface area contributed by atoms with Crippen LogP contribution in [0.25, 0.3) is 0 Å². The van der Waals surface area contributed by atoms with Crippen molar-refractivity contribution in [3.63, 3.8) is 0 Å². The fourth-order valence-electron chi connectivity index (χ4n) is 9.68. The Morgan fingerprint density at radius 2 is 1.54 bits per heavy atom. The van der Waals surface area contributed by atoms with Crippen LogP contribution < -0.4 is 43.4 Å². The summed E-state index contributed by atoms with van der Waals surface area (Å²) in [6, 6.07) is 9.88. The minimum atomic E-state index is -1.33. The number of primary amides is 1. The molecular formula is C62H91N11O13S. The monoisotopic (exact) mass is 1230 g/mol. The Morgan fingerprint density at radius 3 is 2.13 bits per heavy atom. The number of hydrogen-bond donors (Lipinski definition) is 9. The Morgan fingerprint density at radius 1 is 0.885 bits per heavy atom.